The molecule has 1 amide bonds. The van der Waals surface area contributed by atoms with Crippen LogP contribution >= 0.6 is 22.9 Å². The van der Waals surface area contributed by atoms with Crippen LogP contribution in [0.2, 0.25) is 4.34 Å². The van der Waals surface area contributed by atoms with Gasteiger partial charge < -0.3 is 15.4 Å². The SMILES string of the molecule is COc1ccccc1C(=O)n1nc(C2(C)CCNC2=O)cc1NCc1ccc(Cl)s1. The van der Waals surface area contributed by atoms with E-state index in [1.807, 2.05) is 19.1 Å². The molecular weight excluding hydrogens is 424 g/mol. The number of anilines is 1. The van der Waals surface area contributed by atoms with Crippen LogP contribution in [-0.4, -0.2) is 35.2 Å². The molecule has 2 N–H and O–H groups in total. The van der Waals surface area contributed by atoms with Crippen molar-refractivity contribution in [3.8, 4) is 5.75 Å². The smallest absolute Gasteiger partial charge is 0.283 e. The highest BCUT2D eigenvalue weighted by molar-refractivity contribution is 7.16. The highest BCUT2D eigenvalue weighted by atomic mass is 35.5. The molecule has 1 unspecified atom stereocenters. The molecule has 0 spiro atoms. The third-order valence-corrected chi connectivity index (χ3v) is 6.52. The molecule has 156 valence electrons. The van der Waals surface area contributed by atoms with E-state index in [0.717, 1.165) is 4.88 Å². The van der Waals surface area contributed by atoms with Crippen molar-refractivity contribution in [1.82, 2.24) is 15.1 Å². The van der Waals surface area contributed by atoms with Gasteiger partial charge in [0.25, 0.3) is 5.91 Å². The number of rotatable bonds is 6. The lowest BCUT2D eigenvalue weighted by Crippen LogP contribution is -2.33. The van der Waals surface area contributed by atoms with Crippen LogP contribution < -0.4 is 15.4 Å². The van der Waals surface area contributed by atoms with E-state index in [4.69, 9.17) is 16.3 Å². The standard InChI is InChI=1S/C21H21ClN4O3S/c1-21(9-10-23-20(21)28)16-11-18(24-12-13-7-8-17(22)30-13)26(25-16)19(27)14-5-3-4-6-15(14)29-2/h3-8,11,24H,9-10,12H2,1-2H3,(H,23,28). The Bertz CT molecular complexity index is 1110. The van der Waals surface area contributed by atoms with Gasteiger partial charge in [-0.3, -0.25) is 9.59 Å². The molecule has 9 heteroatoms. The fraction of sp³-hybridized carbons (Fsp3) is 0.286. The zero-order valence-corrected chi connectivity index (χ0v) is 18.1. The minimum absolute atomic E-state index is 0.0894. The predicted octanol–water partition coefficient (Wildman–Crippen LogP) is 3.68. The zero-order valence-electron chi connectivity index (χ0n) is 16.6. The number of ether oxygens (including phenoxy) is 1. The van der Waals surface area contributed by atoms with Gasteiger partial charge in [0.15, 0.2) is 0 Å². The van der Waals surface area contributed by atoms with Crippen molar-refractivity contribution >= 4 is 40.6 Å². The number of methoxy groups -OCH3 is 1. The van der Waals surface area contributed by atoms with E-state index >= 15 is 0 Å². The monoisotopic (exact) mass is 444 g/mol. The van der Waals surface area contributed by atoms with E-state index in [0.29, 0.717) is 46.7 Å². The molecule has 1 fully saturated rings. The number of halogens is 1. The van der Waals surface area contributed by atoms with E-state index in [1.165, 1.54) is 23.1 Å². The Morgan fingerprint density at radius 2 is 2.17 bits per heavy atom. The Morgan fingerprint density at radius 1 is 1.37 bits per heavy atom. The van der Waals surface area contributed by atoms with Crippen molar-refractivity contribution in [3.05, 3.63) is 62.9 Å². The second kappa shape index (κ2) is 8.12. The molecule has 30 heavy (non-hydrogen) atoms. The number of nitrogens with one attached hydrogen (secondary N) is 2. The number of aromatic nitrogens is 2. The van der Waals surface area contributed by atoms with Gasteiger partial charge in [-0.1, -0.05) is 23.7 Å². The van der Waals surface area contributed by atoms with Gasteiger partial charge >= 0.3 is 0 Å². The number of carbonyl (C=O) groups is 2. The van der Waals surface area contributed by atoms with Crippen molar-refractivity contribution in [2.45, 2.75) is 25.3 Å². The van der Waals surface area contributed by atoms with Gasteiger partial charge in [-0.15, -0.1) is 11.3 Å². The maximum Gasteiger partial charge on any atom is 0.283 e. The maximum atomic E-state index is 13.3. The van der Waals surface area contributed by atoms with E-state index < -0.39 is 5.41 Å². The van der Waals surface area contributed by atoms with E-state index in [9.17, 15) is 9.59 Å². The van der Waals surface area contributed by atoms with Crippen LogP contribution in [0.1, 0.15) is 34.3 Å². The molecule has 0 saturated carbocycles. The predicted molar refractivity (Wildman–Crippen MR) is 117 cm³/mol. The number of nitrogens with zero attached hydrogens (tertiary/aromatic N) is 2. The molecule has 4 rings (SSSR count). The lowest BCUT2D eigenvalue weighted by Gasteiger charge is -2.16. The van der Waals surface area contributed by atoms with Gasteiger partial charge in [-0.2, -0.15) is 9.78 Å². The van der Waals surface area contributed by atoms with Crippen LogP contribution in [0, 0.1) is 0 Å². The number of benzene rings is 1. The first-order valence-electron chi connectivity index (χ1n) is 9.47. The maximum absolute atomic E-state index is 13.3. The number of para-hydroxylation sites is 1. The third-order valence-electron chi connectivity index (χ3n) is 5.29. The highest BCUT2D eigenvalue weighted by Gasteiger charge is 2.42. The number of hydrogen-bond donors (Lipinski definition) is 2. The summed E-state index contributed by atoms with van der Waals surface area (Å²) < 4.78 is 7.34. The van der Waals surface area contributed by atoms with Crippen molar-refractivity contribution in [1.29, 1.82) is 0 Å². The normalized spacial score (nSPS) is 18.3. The molecule has 1 atom stereocenters. The average molecular weight is 445 g/mol. The quantitative estimate of drug-likeness (QED) is 0.605. The highest BCUT2D eigenvalue weighted by Crippen LogP contribution is 2.33. The summed E-state index contributed by atoms with van der Waals surface area (Å²) in [5.41, 5.74) is 0.153. The fourth-order valence-electron chi connectivity index (χ4n) is 3.47. The first-order chi connectivity index (χ1) is 14.4. The first kappa shape index (κ1) is 20.4. The Kier molecular flexibility index (Phi) is 5.53. The van der Waals surface area contributed by atoms with Crippen molar-refractivity contribution in [2.24, 2.45) is 0 Å². The Labute approximate surface area is 183 Å². The van der Waals surface area contributed by atoms with Gasteiger partial charge in [0.05, 0.1) is 34.7 Å². The summed E-state index contributed by atoms with van der Waals surface area (Å²) >= 11 is 7.48. The molecular formula is C21H21ClN4O3S. The van der Waals surface area contributed by atoms with Crippen LogP contribution in [0.25, 0.3) is 0 Å². The van der Waals surface area contributed by atoms with E-state index in [-0.39, 0.29) is 11.8 Å². The van der Waals surface area contributed by atoms with Gasteiger partial charge in [-0.05, 0) is 37.6 Å². The summed E-state index contributed by atoms with van der Waals surface area (Å²) in [6.45, 7) is 2.90. The molecule has 0 bridgehead atoms. The fourth-order valence-corrected chi connectivity index (χ4v) is 4.50. The number of carbonyl (C=O) groups excluding carboxylic acids is 2. The van der Waals surface area contributed by atoms with Crippen LogP contribution in [0.3, 0.4) is 0 Å². The first-order valence-corrected chi connectivity index (χ1v) is 10.7. The van der Waals surface area contributed by atoms with Gasteiger partial charge in [0, 0.05) is 17.5 Å². The summed E-state index contributed by atoms with van der Waals surface area (Å²) in [6, 6.07) is 12.5. The molecule has 1 aliphatic heterocycles. The lowest BCUT2D eigenvalue weighted by molar-refractivity contribution is -0.123. The molecule has 1 aliphatic rings. The van der Waals surface area contributed by atoms with E-state index in [2.05, 4.69) is 15.7 Å². The number of hydrogen-bond acceptors (Lipinski definition) is 6. The van der Waals surface area contributed by atoms with Gasteiger partial charge in [-0.25, -0.2) is 0 Å². The molecule has 1 aromatic carbocycles. The molecule has 2 aromatic heterocycles. The minimum atomic E-state index is -0.783. The van der Waals surface area contributed by atoms with Crippen molar-refractivity contribution in [2.75, 3.05) is 19.0 Å². The second-order valence-corrected chi connectivity index (χ2v) is 9.03. The summed E-state index contributed by atoms with van der Waals surface area (Å²) in [5, 5.41) is 10.7. The average Bonchev–Trinajstić information content (AvgIpc) is 3.45. The molecule has 3 aromatic rings. The molecule has 7 nitrogen and oxygen atoms in total. The van der Waals surface area contributed by atoms with Crippen molar-refractivity contribution < 1.29 is 14.3 Å². The molecule has 3 heterocycles. The Morgan fingerprint density at radius 3 is 2.83 bits per heavy atom. The van der Waals surface area contributed by atoms with Crippen LogP contribution in [0.5, 0.6) is 5.75 Å². The third kappa shape index (κ3) is 3.68. The molecule has 0 radical (unpaired) electrons. The summed E-state index contributed by atoms with van der Waals surface area (Å²) in [6.07, 6.45) is 0.617. The van der Waals surface area contributed by atoms with E-state index in [1.54, 1.807) is 30.3 Å². The number of amides is 1. The van der Waals surface area contributed by atoms with Crippen LogP contribution in [0.4, 0.5) is 5.82 Å². The second-order valence-electron chi connectivity index (χ2n) is 7.23. The number of thiophene rings is 1. The van der Waals surface area contributed by atoms with Gasteiger partial charge in [0.2, 0.25) is 5.91 Å². The summed E-state index contributed by atoms with van der Waals surface area (Å²) in [5.74, 6) is 0.535. The van der Waals surface area contributed by atoms with Crippen LogP contribution in [-0.2, 0) is 16.8 Å². The minimum Gasteiger partial charge on any atom is -0.496 e. The Hall–Kier alpha value is -2.84. The van der Waals surface area contributed by atoms with Crippen LogP contribution in [0.15, 0.2) is 42.5 Å². The molecule has 1 saturated heterocycles. The topological polar surface area (TPSA) is 85.2 Å². The lowest BCUT2D eigenvalue weighted by atomic mass is 9.85. The van der Waals surface area contributed by atoms with Gasteiger partial charge in [0.1, 0.15) is 11.6 Å². The largest absolute Gasteiger partial charge is 0.496 e. The Balaban J connectivity index is 1.73. The summed E-state index contributed by atoms with van der Waals surface area (Å²) in [7, 11) is 1.52. The van der Waals surface area contributed by atoms with Crippen molar-refractivity contribution in [3.63, 3.8) is 0 Å². The summed E-state index contributed by atoms with van der Waals surface area (Å²) in [4.78, 5) is 26.8. The molecule has 0 aliphatic carbocycles. The zero-order chi connectivity index (χ0) is 21.3.